The van der Waals surface area contributed by atoms with Crippen molar-refractivity contribution in [3.8, 4) is 11.5 Å². The van der Waals surface area contributed by atoms with Crippen LogP contribution in [0.2, 0.25) is 0 Å². The van der Waals surface area contributed by atoms with E-state index in [2.05, 4.69) is 25.4 Å². The van der Waals surface area contributed by atoms with Gasteiger partial charge in [-0.3, -0.25) is 0 Å². The van der Waals surface area contributed by atoms with Gasteiger partial charge >= 0.3 is 0 Å². The summed E-state index contributed by atoms with van der Waals surface area (Å²) in [6.07, 6.45) is 3.10. The lowest BCUT2D eigenvalue weighted by atomic mass is 10.3. The number of nitrogens with one attached hydrogen (secondary N) is 2. The summed E-state index contributed by atoms with van der Waals surface area (Å²) in [6, 6.07) is 17.7. The van der Waals surface area contributed by atoms with Crippen LogP contribution in [0.15, 0.2) is 59.6 Å². The monoisotopic (exact) mass is 576 g/mol. The van der Waals surface area contributed by atoms with Gasteiger partial charge in [0.15, 0.2) is 11.8 Å². The number of aromatic nitrogens is 3. The Bertz CT molecular complexity index is 1040. The molecule has 0 amide bonds. The molecule has 0 fully saturated rings. The SMILES string of the molecule is CC(C)Oc1ccc(NC(=NCc2nnc3n2CCC3)NCCCOc2ccccc2)cc1.I. The molecular formula is C25H33IN6O2. The number of aryl methyl sites for hydroxylation is 1. The number of nitrogens with zero attached hydrogens (tertiary/aromatic N) is 4. The number of rotatable bonds is 10. The number of fused-ring (bicyclic) bond motifs is 1. The van der Waals surface area contributed by atoms with Crippen LogP contribution in [0.1, 0.15) is 38.3 Å². The summed E-state index contributed by atoms with van der Waals surface area (Å²) < 4.78 is 13.7. The zero-order valence-corrected chi connectivity index (χ0v) is 22.1. The van der Waals surface area contributed by atoms with Gasteiger partial charge in [-0.25, -0.2) is 4.99 Å². The fourth-order valence-electron chi connectivity index (χ4n) is 3.63. The molecule has 0 bridgehead atoms. The lowest BCUT2D eigenvalue weighted by Crippen LogP contribution is -2.32. The van der Waals surface area contributed by atoms with Gasteiger partial charge in [0.25, 0.3) is 0 Å². The Morgan fingerprint density at radius 1 is 1.06 bits per heavy atom. The maximum absolute atomic E-state index is 5.78. The van der Waals surface area contributed by atoms with E-state index in [1.165, 1.54) is 0 Å². The summed E-state index contributed by atoms with van der Waals surface area (Å²) in [6.45, 7) is 6.83. The smallest absolute Gasteiger partial charge is 0.196 e. The standard InChI is InChI=1S/C25H32N6O2.HI/c1-19(2)33-22-13-11-20(12-14-22)28-25(26-15-7-17-32-21-8-4-3-5-9-21)27-18-24-30-29-23-10-6-16-31(23)24;/h3-5,8-9,11-14,19H,6-7,10,15-18H2,1-2H3,(H2,26,27,28);1H. The maximum Gasteiger partial charge on any atom is 0.196 e. The van der Waals surface area contributed by atoms with Crippen LogP contribution in [0.4, 0.5) is 5.69 Å². The minimum Gasteiger partial charge on any atom is -0.494 e. The topological polar surface area (TPSA) is 85.6 Å². The number of aliphatic imine (C=N–C) groups is 1. The number of benzene rings is 2. The lowest BCUT2D eigenvalue weighted by molar-refractivity contribution is 0.242. The van der Waals surface area contributed by atoms with E-state index in [1.54, 1.807) is 0 Å². The molecule has 1 aliphatic rings. The second-order valence-electron chi connectivity index (χ2n) is 8.21. The zero-order valence-electron chi connectivity index (χ0n) is 19.7. The summed E-state index contributed by atoms with van der Waals surface area (Å²) in [4.78, 5) is 4.76. The van der Waals surface area contributed by atoms with E-state index in [0.29, 0.717) is 19.1 Å². The Labute approximate surface area is 218 Å². The van der Waals surface area contributed by atoms with Crippen molar-refractivity contribution in [1.29, 1.82) is 0 Å². The van der Waals surface area contributed by atoms with Gasteiger partial charge in [-0.2, -0.15) is 0 Å². The van der Waals surface area contributed by atoms with E-state index >= 15 is 0 Å². The molecule has 3 aromatic rings. The largest absolute Gasteiger partial charge is 0.494 e. The van der Waals surface area contributed by atoms with Crippen LogP contribution >= 0.6 is 24.0 Å². The fraction of sp³-hybridized carbons (Fsp3) is 0.400. The van der Waals surface area contributed by atoms with Gasteiger partial charge in [-0.15, -0.1) is 34.2 Å². The van der Waals surface area contributed by atoms with E-state index in [-0.39, 0.29) is 30.1 Å². The van der Waals surface area contributed by atoms with Crippen molar-refractivity contribution in [2.45, 2.75) is 52.3 Å². The molecule has 0 aliphatic carbocycles. The number of guanidine groups is 1. The predicted octanol–water partition coefficient (Wildman–Crippen LogP) is 4.66. The molecule has 182 valence electrons. The number of hydrogen-bond acceptors (Lipinski definition) is 5. The molecule has 34 heavy (non-hydrogen) atoms. The highest BCUT2D eigenvalue weighted by molar-refractivity contribution is 14.0. The summed E-state index contributed by atoms with van der Waals surface area (Å²) >= 11 is 0. The normalized spacial score (nSPS) is 12.7. The van der Waals surface area contributed by atoms with Crippen LogP contribution in [0, 0.1) is 0 Å². The molecule has 2 heterocycles. The van der Waals surface area contributed by atoms with E-state index in [9.17, 15) is 0 Å². The summed E-state index contributed by atoms with van der Waals surface area (Å²) in [7, 11) is 0. The molecule has 2 aromatic carbocycles. The summed E-state index contributed by atoms with van der Waals surface area (Å²) in [5.74, 6) is 4.38. The molecule has 0 spiro atoms. The molecule has 0 radical (unpaired) electrons. The Hall–Kier alpha value is -2.82. The lowest BCUT2D eigenvalue weighted by Gasteiger charge is -2.14. The highest BCUT2D eigenvalue weighted by atomic mass is 127. The number of ether oxygens (including phenoxy) is 2. The maximum atomic E-state index is 5.78. The van der Waals surface area contributed by atoms with Crippen molar-refractivity contribution in [2.24, 2.45) is 4.99 Å². The number of halogens is 1. The second-order valence-corrected chi connectivity index (χ2v) is 8.21. The highest BCUT2D eigenvalue weighted by Gasteiger charge is 2.16. The van der Waals surface area contributed by atoms with Crippen molar-refractivity contribution in [3.05, 3.63) is 66.2 Å². The van der Waals surface area contributed by atoms with Gasteiger partial charge in [0.05, 0.1) is 12.7 Å². The second kappa shape index (κ2) is 13.2. The molecule has 9 heteroatoms. The third kappa shape index (κ3) is 7.61. The molecule has 1 aromatic heterocycles. The Morgan fingerprint density at radius 3 is 2.62 bits per heavy atom. The average Bonchev–Trinajstić information content (AvgIpc) is 3.43. The quantitative estimate of drug-likeness (QED) is 0.158. The van der Waals surface area contributed by atoms with E-state index in [1.807, 2.05) is 68.4 Å². The van der Waals surface area contributed by atoms with Gasteiger partial charge in [-0.05, 0) is 63.1 Å². The van der Waals surface area contributed by atoms with Crippen LogP contribution in [-0.2, 0) is 19.5 Å². The van der Waals surface area contributed by atoms with Crippen molar-refractivity contribution < 1.29 is 9.47 Å². The van der Waals surface area contributed by atoms with Crippen LogP contribution in [-0.4, -0.2) is 40.0 Å². The molecule has 0 saturated carbocycles. The van der Waals surface area contributed by atoms with Crippen molar-refractivity contribution in [1.82, 2.24) is 20.1 Å². The van der Waals surface area contributed by atoms with Crippen LogP contribution < -0.4 is 20.1 Å². The molecule has 0 unspecified atom stereocenters. The zero-order chi connectivity index (χ0) is 22.9. The van der Waals surface area contributed by atoms with Gasteiger partial charge < -0.3 is 24.7 Å². The molecule has 2 N–H and O–H groups in total. The minimum absolute atomic E-state index is 0. The predicted molar refractivity (Wildman–Crippen MR) is 145 cm³/mol. The molecule has 0 saturated heterocycles. The van der Waals surface area contributed by atoms with Crippen LogP contribution in [0.5, 0.6) is 11.5 Å². The first kappa shape index (κ1) is 25.8. The van der Waals surface area contributed by atoms with Crippen LogP contribution in [0.25, 0.3) is 0 Å². The minimum atomic E-state index is 0. The molecule has 1 aliphatic heterocycles. The Balaban J connectivity index is 0.00000324. The molecule has 0 atom stereocenters. The average molecular weight is 576 g/mol. The van der Waals surface area contributed by atoms with Crippen LogP contribution in [0.3, 0.4) is 0 Å². The van der Waals surface area contributed by atoms with E-state index < -0.39 is 0 Å². The third-order valence-corrected chi connectivity index (χ3v) is 5.18. The number of para-hydroxylation sites is 1. The Morgan fingerprint density at radius 2 is 1.85 bits per heavy atom. The van der Waals surface area contributed by atoms with Gasteiger partial charge in [0.2, 0.25) is 0 Å². The number of hydrogen-bond donors (Lipinski definition) is 2. The van der Waals surface area contributed by atoms with Gasteiger partial charge in [0.1, 0.15) is 23.9 Å². The highest BCUT2D eigenvalue weighted by Crippen LogP contribution is 2.17. The molecule has 8 nitrogen and oxygen atoms in total. The van der Waals surface area contributed by atoms with Crippen molar-refractivity contribution in [3.63, 3.8) is 0 Å². The summed E-state index contributed by atoms with van der Waals surface area (Å²) in [5.41, 5.74) is 0.935. The summed E-state index contributed by atoms with van der Waals surface area (Å²) in [5, 5.41) is 15.4. The Kier molecular flexibility index (Phi) is 9.99. The van der Waals surface area contributed by atoms with Gasteiger partial charge in [-0.1, -0.05) is 18.2 Å². The molecule has 4 rings (SSSR count). The number of anilines is 1. The van der Waals surface area contributed by atoms with Gasteiger partial charge in [0, 0.05) is 25.2 Å². The fourth-order valence-corrected chi connectivity index (χ4v) is 3.63. The third-order valence-electron chi connectivity index (χ3n) is 5.18. The van der Waals surface area contributed by atoms with Crippen molar-refractivity contribution in [2.75, 3.05) is 18.5 Å². The van der Waals surface area contributed by atoms with E-state index in [0.717, 1.165) is 61.2 Å². The first-order valence-electron chi connectivity index (χ1n) is 11.6. The first-order chi connectivity index (χ1) is 16.2. The van der Waals surface area contributed by atoms with Crippen molar-refractivity contribution >= 4 is 35.6 Å². The first-order valence-corrected chi connectivity index (χ1v) is 11.6. The molecular weight excluding hydrogens is 543 g/mol. The van der Waals surface area contributed by atoms with E-state index in [4.69, 9.17) is 14.5 Å².